The van der Waals surface area contributed by atoms with Crippen LogP contribution in [-0.2, 0) is 0 Å². The zero-order valence-electron chi connectivity index (χ0n) is 13.0. The van der Waals surface area contributed by atoms with E-state index < -0.39 is 0 Å². The second kappa shape index (κ2) is 8.62. The summed E-state index contributed by atoms with van der Waals surface area (Å²) in [6, 6.07) is 7.38. The van der Waals surface area contributed by atoms with Crippen LogP contribution in [0.1, 0.15) is 44.0 Å². The average molecular weight is 308 g/mol. The van der Waals surface area contributed by atoms with Gasteiger partial charge in [0.15, 0.2) is 0 Å². The van der Waals surface area contributed by atoms with Gasteiger partial charge in [0.05, 0.1) is 11.6 Å². The Hall–Kier alpha value is -1.62. The fourth-order valence-electron chi connectivity index (χ4n) is 1.93. The number of rotatable bonds is 8. The number of thiocarbonyl (C=S) groups is 1. The number of nitrogens with two attached hydrogens (primary N) is 1. The summed E-state index contributed by atoms with van der Waals surface area (Å²) in [5, 5.41) is 0. The summed E-state index contributed by atoms with van der Waals surface area (Å²) in [4.78, 5) is 14.8. The van der Waals surface area contributed by atoms with Gasteiger partial charge >= 0.3 is 0 Å². The predicted octanol–water partition coefficient (Wildman–Crippen LogP) is 3.00. The van der Waals surface area contributed by atoms with Crippen LogP contribution in [-0.4, -0.2) is 35.0 Å². The Morgan fingerprint density at radius 2 is 2.14 bits per heavy atom. The molecule has 1 aromatic carbocycles. The van der Waals surface area contributed by atoms with Crippen LogP contribution in [0.15, 0.2) is 24.3 Å². The zero-order chi connectivity index (χ0) is 15.8. The maximum Gasteiger partial charge on any atom is 0.254 e. The lowest BCUT2D eigenvalue weighted by Gasteiger charge is -2.27. The number of ether oxygens (including phenoxy) is 1. The highest BCUT2D eigenvalue weighted by Crippen LogP contribution is 2.16. The van der Waals surface area contributed by atoms with Crippen LogP contribution in [0.2, 0.25) is 0 Å². The normalized spacial score (nSPS) is 10.5. The third-order valence-corrected chi connectivity index (χ3v) is 3.24. The van der Waals surface area contributed by atoms with E-state index in [0.29, 0.717) is 30.1 Å². The van der Waals surface area contributed by atoms with Gasteiger partial charge in [0, 0.05) is 24.6 Å². The summed E-state index contributed by atoms with van der Waals surface area (Å²) < 4.78 is 5.57. The van der Waals surface area contributed by atoms with Crippen molar-refractivity contribution < 1.29 is 9.53 Å². The second-order valence-corrected chi connectivity index (χ2v) is 5.71. The minimum Gasteiger partial charge on any atom is -0.494 e. The Morgan fingerprint density at radius 1 is 1.43 bits per heavy atom. The first-order valence-corrected chi connectivity index (χ1v) is 7.68. The third kappa shape index (κ3) is 5.71. The van der Waals surface area contributed by atoms with E-state index in [0.717, 1.165) is 12.2 Å². The van der Waals surface area contributed by atoms with Gasteiger partial charge in [0.25, 0.3) is 5.91 Å². The summed E-state index contributed by atoms with van der Waals surface area (Å²) in [6.45, 7) is 7.19. The first-order valence-electron chi connectivity index (χ1n) is 7.27. The molecule has 21 heavy (non-hydrogen) atoms. The molecule has 2 N–H and O–H groups in total. The van der Waals surface area contributed by atoms with Gasteiger partial charge in [-0.25, -0.2) is 0 Å². The minimum atomic E-state index is -0.0248. The smallest absolute Gasteiger partial charge is 0.254 e. The molecule has 4 nitrogen and oxygen atoms in total. The monoisotopic (exact) mass is 308 g/mol. The molecule has 0 saturated heterocycles. The molecule has 0 spiro atoms. The topological polar surface area (TPSA) is 55.6 Å². The molecule has 0 aliphatic rings. The number of nitrogens with zero attached hydrogens (tertiary/aromatic N) is 1. The van der Waals surface area contributed by atoms with E-state index in [1.54, 1.807) is 17.0 Å². The fraction of sp³-hybridized carbons (Fsp3) is 0.500. The van der Waals surface area contributed by atoms with Gasteiger partial charge in [-0.2, -0.15) is 0 Å². The van der Waals surface area contributed by atoms with Crippen molar-refractivity contribution >= 4 is 23.1 Å². The lowest BCUT2D eigenvalue weighted by Crippen LogP contribution is -2.39. The molecule has 1 aromatic rings. The third-order valence-electron chi connectivity index (χ3n) is 3.04. The Kier molecular flexibility index (Phi) is 7.15. The SMILES string of the molecule is CCCOc1cccc(C(=O)N(CCC(N)=S)C(C)C)c1. The Balaban J connectivity index is 2.85. The van der Waals surface area contributed by atoms with Crippen LogP contribution < -0.4 is 10.5 Å². The summed E-state index contributed by atoms with van der Waals surface area (Å²) in [5.74, 6) is 0.698. The number of benzene rings is 1. The molecule has 5 heteroatoms. The molecule has 0 saturated carbocycles. The number of hydrogen-bond donors (Lipinski definition) is 1. The summed E-state index contributed by atoms with van der Waals surface area (Å²) in [7, 11) is 0. The van der Waals surface area contributed by atoms with Gasteiger partial charge in [-0.1, -0.05) is 25.2 Å². The molecule has 0 atom stereocenters. The maximum absolute atomic E-state index is 12.6. The first kappa shape index (κ1) is 17.4. The number of carbonyl (C=O) groups excluding carboxylic acids is 1. The van der Waals surface area contributed by atoms with Crippen LogP contribution in [0.3, 0.4) is 0 Å². The van der Waals surface area contributed by atoms with Gasteiger partial charge in [0.1, 0.15) is 5.75 Å². The van der Waals surface area contributed by atoms with Crippen molar-refractivity contribution in [1.82, 2.24) is 4.90 Å². The molecule has 116 valence electrons. The lowest BCUT2D eigenvalue weighted by atomic mass is 10.1. The van der Waals surface area contributed by atoms with Gasteiger partial charge in [-0.15, -0.1) is 0 Å². The minimum absolute atomic E-state index is 0.0248. The van der Waals surface area contributed by atoms with E-state index in [4.69, 9.17) is 22.7 Å². The van der Waals surface area contributed by atoms with Crippen molar-refractivity contribution in [3.63, 3.8) is 0 Å². The van der Waals surface area contributed by atoms with Crippen LogP contribution in [0, 0.1) is 0 Å². The molecule has 0 radical (unpaired) electrons. The lowest BCUT2D eigenvalue weighted by molar-refractivity contribution is 0.0711. The molecular weight excluding hydrogens is 284 g/mol. The number of hydrogen-bond acceptors (Lipinski definition) is 3. The highest BCUT2D eigenvalue weighted by molar-refractivity contribution is 7.80. The van der Waals surface area contributed by atoms with Crippen LogP contribution in [0.25, 0.3) is 0 Å². The van der Waals surface area contributed by atoms with Crippen LogP contribution in [0.5, 0.6) is 5.75 Å². The molecule has 1 rings (SSSR count). The zero-order valence-corrected chi connectivity index (χ0v) is 13.8. The molecule has 0 unspecified atom stereocenters. The van der Waals surface area contributed by atoms with Crippen molar-refractivity contribution in [3.8, 4) is 5.75 Å². The van der Waals surface area contributed by atoms with Crippen molar-refractivity contribution in [1.29, 1.82) is 0 Å². The van der Waals surface area contributed by atoms with E-state index in [9.17, 15) is 4.79 Å². The molecule has 0 aromatic heterocycles. The van der Waals surface area contributed by atoms with E-state index in [1.165, 1.54) is 0 Å². The highest BCUT2D eigenvalue weighted by Gasteiger charge is 2.19. The average Bonchev–Trinajstić information content (AvgIpc) is 2.44. The summed E-state index contributed by atoms with van der Waals surface area (Å²) in [6.07, 6.45) is 1.47. The summed E-state index contributed by atoms with van der Waals surface area (Å²) >= 11 is 4.89. The van der Waals surface area contributed by atoms with Gasteiger partial charge in [0.2, 0.25) is 0 Å². The van der Waals surface area contributed by atoms with E-state index in [2.05, 4.69) is 0 Å². The molecule has 0 fully saturated rings. The predicted molar refractivity (Wildman–Crippen MR) is 89.8 cm³/mol. The number of amides is 1. The van der Waals surface area contributed by atoms with Crippen LogP contribution in [0.4, 0.5) is 0 Å². The van der Waals surface area contributed by atoms with Crippen molar-refractivity contribution in [2.24, 2.45) is 5.73 Å². The first-order chi connectivity index (χ1) is 9.95. The molecular formula is C16H24N2O2S. The van der Waals surface area contributed by atoms with Gasteiger partial charge in [-0.3, -0.25) is 4.79 Å². The van der Waals surface area contributed by atoms with E-state index in [1.807, 2.05) is 32.9 Å². The van der Waals surface area contributed by atoms with Gasteiger partial charge < -0.3 is 15.4 Å². The van der Waals surface area contributed by atoms with E-state index in [-0.39, 0.29) is 11.9 Å². The Morgan fingerprint density at radius 3 is 2.71 bits per heavy atom. The van der Waals surface area contributed by atoms with E-state index >= 15 is 0 Å². The molecule has 1 amide bonds. The number of carbonyl (C=O) groups is 1. The standard InChI is InChI=1S/C16H24N2O2S/c1-4-10-20-14-7-5-6-13(11-14)16(19)18(12(2)3)9-8-15(17)21/h5-7,11-12H,4,8-10H2,1-3H3,(H2,17,21). The Bertz CT molecular complexity index is 489. The summed E-state index contributed by atoms with van der Waals surface area (Å²) in [5.41, 5.74) is 6.16. The van der Waals surface area contributed by atoms with Crippen molar-refractivity contribution in [3.05, 3.63) is 29.8 Å². The molecule has 0 heterocycles. The second-order valence-electron chi connectivity index (χ2n) is 5.18. The maximum atomic E-state index is 12.6. The Labute approximate surface area is 132 Å². The van der Waals surface area contributed by atoms with Gasteiger partial charge in [-0.05, 0) is 38.5 Å². The molecule has 0 bridgehead atoms. The van der Waals surface area contributed by atoms with Crippen LogP contribution >= 0.6 is 12.2 Å². The highest BCUT2D eigenvalue weighted by atomic mass is 32.1. The molecule has 0 aliphatic heterocycles. The van der Waals surface area contributed by atoms with Crippen molar-refractivity contribution in [2.45, 2.75) is 39.7 Å². The molecule has 0 aliphatic carbocycles. The fourth-order valence-corrected chi connectivity index (χ4v) is 2.02. The van der Waals surface area contributed by atoms with Crippen molar-refractivity contribution in [2.75, 3.05) is 13.2 Å². The quantitative estimate of drug-likeness (QED) is 0.750. The largest absolute Gasteiger partial charge is 0.494 e.